The first-order chi connectivity index (χ1) is 9.87. The summed E-state index contributed by atoms with van der Waals surface area (Å²) >= 11 is 9.14. The van der Waals surface area contributed by atoms with Gasteiger partial charge in [-0.1, -0.05) is 11.6 Å². The highest BCUT2D eigenvalue weighted by atomic mass is 79.9. The average Bonchev–Trinajstić information content (AvgIpc) is 2.86. The maximum Gasteiger partial charge on any atom is 0.263 e. The molecule has 5 nitrogen and oxygen atoms in total. The van der Waals surface area contributed by atoms with E-state index in [2.05, 4.69) is 20.7 Å². The molecule has 8 heteroatoms. The lowest BCUT2D eigenvalue weighted by atomic mass is 10.3. The van der Waals surface area contributed by atoms with E-state index in [1.165, 1.54) is 18.3 Å². The van der Waals surface area contributed by atoms with Crippen LogP contribution in [0.5, 0.6) is 0 Å². The minimum absolute atomic E-state index is 0.0975. The van der Waals surface area contributed by atoms with E-state index in [-0.39, 0.29) is 11.5 Å². The average molecular weight is 394 g/mol. The van der Waals surface area contributed by atoms with Crippen molar-refractivity contribution >= 4 is 43.2 Å². The number of nitrogens with one attached hydrogen (secondary N) is 1. The van der Waals surface area contributed by atoms with E-state index >= 15 is 0 Å². The molecule has 1 aromatic heterocycles. The first kappa shape index (κ1) is 16.4. The Morgan fingerprint density at radius 3 is 2.67 bits per heavy atom. The van der Waals surface area contributed by atoms with Crippen LogP contribution in [0.1, 0.15) is 12.6 Å². The molecular weight excluding hydrogens is 380 g/mol. The number of hydrogen-bond donors (Lipinski definition) is 2. The van der Waals surface area contributed by atoms with Crippen LogP contribution in [-0.4, -0.2) is 18.1 Å². The highest BCUT2D eigenvalue weighted by Crippen LogP contribution is 2.28. The molecule has 0 aliphatic carbocycles. The van der Waals surface area contributed by atoms with E-state index in [9.17, 15) is 13.5 Å². The summed E-state index contributed by atoms with van der Waals surface area (Å²) in [6.07, 6.45) is 1.49. The van der Waals surface area contributed by atoms with E-state index in [1.54, 1.807) is 16.7 Å². The van der Waals surface area contributed by atoms with Gasteiger partial charge in [0.05, 0.1) is 12.3 Å². The molecule has 0 saturated carbocycles. The van der Waals surface area contributed by atoms with Crippen LogP contribution >= 0.6 is 27.5 Å². The molecule has 1 heterocycles. The van der Waals surface area contributed by atoms with Crippen molar-refractivity contribution in [3.63, 3.8) is 0 Å². The summed E-state index contributed by atoms with van der Waals surface area (Å²) in [6.45, 7) is 2.23. The van der Waals surface area contributed by atoms with Gasteiger partial charge in [-0.3, -0.25) is 4.72 Å². The Kier molecular flexibility index (Phi) is 4.98. The van der Waals surface area contributed by atoms with E-state index < -0.39 is 10.0 Å². The summed E-state index contributed by atoms with van der Waals surface area (Å²) in [5, 5.41) is 9.67. The molecule has 114 valence electrons. The molecule has 0 aliphatic rings. The number of aliphatic hydroxyl groups is 1. The number of aryl methyl sites for hydroxylation is 1. The standard InChI is InChI=1S/C13H14BrClN2O3S/c1-2-17-7-11(6-10(17)8-18)21(19,20)16-13-5-9(15)3-4-12(13)14/h3-7,16,18H,2,8H2,1H3. The second kappa shape index (κ2) is 6.39. The molecule has 0 saturated heterocycles. The van der Waals surface area contributed by atoms with Crippen molar-refractivity contribution in [1.29, 1.82) is 0 Å². The minimum Gasteiger partial charge on any atom is -0.390 e. The van der Waals surface area contributed by atoms with E-state index in [1.807, 2.05) is 6.92 Å². The maximum atomic E-state index is 12.4. The monoisotopic (exact) mass is 392 g/mol. The Labute approximate surface area is 136 Å². The zero-order valence-corrected chi connectivity index (χ0v) is 14.3. The summed E-state index contributed by atoms with van der Waals surface area (Å²) in [7, 11) is -3.75. The number of benzene rings is 1. The second-order valence-electron chi connectivity index (χ2n) is 4.34. The molecule has 0 atom stereocenters. The summed E-state index contributed by atoms with van der Waals surface area (Å²) in [4.78, 5) is 0.0975. The van der Waals surface area contributed by atoms with Crippen LogP contribution in [-0.2, 0) is 23.2 Å². The summed E-state index contributed by atoms with van der Waals surface area (Å²) in [5.74, 6) is 0. The lowest BCUT2D eigenvalue weighted by Gasteiger charge is -2.08. The number of aliphatic hydroxyl groups excluding tert-OH is 1. The second-order valence-corrected chi connectivity index (χ2v) is 7.31. The van der Waals surface area contributed by atoms with Gasteiger partial charge in [-0.25, -0.2) is 8.42 Å². The van der Waals surface area contributed by atoms with Gasteiger partial charge in [-0.05, 0) is 47.1 Å². The van der Waals surface area contributed by atoms with E-state index in [4.69, 9.17) is 11.6 Å². The van der Waals surface area contributed by atoms with Crippen LogP contribution < -0.4 is 4.72 Å². The summed E-state index contributed by atoms with van der Waals surface area (Å²) < 4.78 is 29.5. The van der Waals surface area contributed by atoms with Gasteiger partial charge in [0.15, 0.2) is 0 Å². The smallest absolute Gasteiger partial charge is 0.263 e. The topological polar surface area (TPSA) is 71.3 Å². The third kappa shape index (κ3) is 3.60. The largest absolute Gasteiger partial charge is 0.390 e. The van der Waals surface area contributed by atoms with Crippen LogP contribution in [0.15, 0.2) is 39.8 Å². The molecule has 0 radical (unpaired) electrons. The van der Waals surface area contributed by atoms with Crippen LogP contribution in [0.3, 0.4) is 0 Å². The SMILES string of the molecule is CCn1cc(S(=O)(=O)Nc2cc(Cl)ccc2Br)cc1CO. The van der Waals surface area contributed by atoms with Gasteiger partial charge < -0.3 is 9.67 Å². The number of aromatic nitrogens is 1. The Hall–Kier alpha value is -1.02. The third-order valence-electron chi connectivity index (χ3n) is 2.95. The maximum absolute atomic E-state index is 12.4. The van der Waals surface area contributed by atoms with Crippen molar-refractivity contribution in [1.82, 2.24) is 4.57 Å². The van der Waals surface area contributed by atoms with Gasteiger partial charge in [-0.15, -0.1) is 0 Å². The fourth-order valence-electron chi connectivity index (χ4n) is 1.88. The zero-order valence-electron chi connectivity index (χ0n) is 11.2. The van der Waals surface area contributed by atoms with Gasteiger partial charge in [0.25, 0.3) is 10.0 Å². The minimum atomic E-state index is -3.75. The molecule has 0 unspecified atom stereocenters. The van der Waals surface area contributed by atoms with Gasteiger partial charge in [-0.2, -0.15) is 0 Å². The van der Waals surface area contributed by atoms with Gasteiger partial charge >= 0.3 is 0 Å². The van der Waals surface area contributed by atoms with Gasteiger partial charge in [0, 0.05) is 27.9 Å². The highest BCUT2D eigenvalue weighted by molar-refractivity contribution is 9.10. The normalized spacial score (nSPS) is 11.6. The molecule has 2 N–H and O–H groups in total. The molecule has 21 heavy (non-hydrogen) atoms. The van der Waals surface area contributed by atoms with E-state index in [0.29, 0.717) is 27.4 Å². The predicted octanol–water partition coefficient (Wildman–Crippen LogP) is 3.22. The van der Waals surface area contributed by atoms with E-state index in [0.717, 1.165) is 0 Å². The first-order valence-corrected chi connectivity index (χ1v) is 8.80. The van der Waals surface area contributed by atoms with Gasteiger partial charge in [0.1, 0.15) is 4.90 Å². The molecule has 0 aliphatic heterocycles. The zero-order chi connectivity index (χ0) is 15.6. The third-order valence-corrected chi connectivity index (χ3v) is 5.21. The Morgan fingerprint density at radius 1 is 1.38 bits per heavy atom. The van der Waals surface area contributed by atoms with Crippen molar-refractivity contribution in [3.05, 3.63) is 45.7 Å². The van der Waals surface area contributed by atoms with Crippen LogP contribution in [0.2, 0.25) is 5.02 Å². The van der Waals surface area contributed by atoms with Crippen molar-refractivity contribution in [2.75, 3.05) is 4.72 Å². The molecule has 0 amide bonds. The fraction of sp³-hybridized carbons (Fsp3) is 0.231. The fourth-order valence-corrected chi connectivity index (χ4v) is 3.66. The van der Waals surface area contributed by atoms with Gasteiger partial charge in [0.2, 0.25) is 0 Å². The van der Waals surface area contributed by atoms with Crippen LogP contribution in [0, 0.1) is 0 Å². The Bertz CT molecular complexity index is 737. The molecule has 1 aromatic carbocycles. The number of halogens is 2. The molecule has 0 fully saturated rings. The summed E-state index contributed by atoms with van der Waals surface area (Å²) in [5.41, 5.74) is 0.903. The lowest BCUT2D eigenvalue weighted by Crippen LogP contribution is -2.12. The number of anilines is 1. The molecule has 2 rings (SSSR count). The van der Waals surface area contributed by atoms with Crippen molar-refractivity contribution in [2.45, 2.75) is 25.0 Å². The Morgan fingerprint density at radius 2 is 2.10 bits per heavy atom. The number of sulfonamides is 1. The Balaban J connectivity index is 2.38. The van der Waals surface area contributed by atoms with Crippen molar-refractivity contribution in [2.24, 2.45) is 0 Å². The molecule has 0 spiro atoms. The molecule has 2 aromatic rings. The highest BCUT2D eigenvalue weighted by Gasteiger charge is 2.19. The van der Waals surface area contributed by atoms with Crippen LogP contribution in [0.4, 0.5) is 5.69 Å². The molecule has 0 bridgehead atoms. The van der Waals surface area contributed by atoms with Crippen LogP contribution in [0.25, 0.3) is 0 Å². The quantitative estimate of drug-likeness (QED) is 0.819. The molecular formula is C13H14BrClN2O3S. The van der Waals surface area contributed by atoms with Crippen molar-refractivity contribution in [3.8, 4) is 0 Å². The van der Waals surface area contributed by atoms with Crippen molar-refractivity contribution < 1.29 is 13.5 Å². The number of hydrogen-bond acceptors (Lipinski definition) is 3. The lowest BCUT2D eigenvalue weighted by molar-refractivity contribution is 0.271. The summed E-state index contributed by atoms with van der Waals surface area (Å²) in [6, 6.07) is 6.29. The first-order valence-electron chi connectivity index (χ1n) is 6.15. The number of nitrogens with zero attached hydrogens (tertiary/aromatic N) is 1. The number of rotatable bonds is 5. The predicted molar refractivity (Wildman–Crippen MR) is 86.0 cm³/mol.